The maximum atomic E-state index is 15.3. The lowest BCUT2D eigenvalue weighted by atomic mass is 9.84. The van der Waals surface area contributed by atoms with Crippen LogP contribution >= 0.6 is 0 Å². The van der Waals surface area contributed by atoms with Gasteiger partial charge >= 0.3 is 0 Å². The molecule has 2 aliphatic rings. The predicted octanol–water partition coefficient (Wildman–Crippen LogP) is 12.8. The summed E-state index contributed by atoms with van der Waals surface area (Å²) >= 11 is 0. The predicted molar refractivity (Wildman–Crippen MR) is 184 cm³/mol. The summed E-state index contributed by atoms with van der Waals surface area (Å²) in [6, 6.07) is 8.12. The molecule has 0 amide bonds. The van der Waals surface area contributed by atoms with Crippen LogP contribution < -0.4 is 5.32 Å². The second-order valence-electron chi connectivity index (χ2n) is 11.1. The molecule has 1 fully saturated rings. The monoisotopic (exact) mass is 595 g/mol. The van der Waals surface area contributed by atoms with Crippen molar-refractivity contribution in [3.8, 4) is 0 Å². The van der Waals surface area contributed by atoms with Crippen LogP contribution in [0.1, 0.15) is 100 Å². The summed E-state index contributed by atoms with van der Waals surface area (Å²) in [5, 5.41) is 3.55. The minimum absolute atomic E-state index is 0.0686. The molecular formula is C39H56F3N. The Balaban J connectivity index is 0.00000221. The Labute approximate surface area is 261 Å². The highest BCUT2D eigenvalue weighted by molar-refractivity contribution is 5.64. The van der Waals surface area contributed by atoms with Crippen molar-refractivity contribution in [2.24, 2.45) is 17.8 Å². The molecule has 0 aliphatic heterocycles. The molecule has 5 atom stereocenters. The number of benzene rings is 1. The van der Waals surface area contributed by atoms with E-state index in [0.29, 0.717) is 35.1 Å². The van der Waals surface area contributed by atoms with E-state index in [-0.39, 0.29) is 23.6 Å². The van der Waals surface area contributed by atoms with Crippen LogP contribution in [-0.4, -0.2) is 12.3 Å². The van der Waals surface area contributed by atoms with Gasteiger partial charge in [0.05, 0.1) is 0 Å². The van der Waals surface area contributed by atoms with Crippen LogP contribution in [0.25, 0.3) is 5.57 Å². The molecule has 4 heteroatoms. The Kier molecular flexibility index (Phi) is 16.5. The summed E-state index contributed by atoms with van der Waals surface area (Å²) in [4.78, 5) is 0. The van der Waals surface area contributed by atoms with Gasteiger partial charge in [0.25, 0.3) is 0 Å². The standard InChI is InChI=1S/C35H44F3N.2C2H6/c1-9-26(34-30(24(7)36)18-12-23(6)35(34)38)13-11-22(5)31(19-28-20-32(28)25(8)37)33(10-2)39-29-16-14-27(15-17-29)21(3)4;2*1-2/h9-11,13-17,24-25,28,31-32,39H,3,5,12,18-20H2,1-2,4,6-8H3;2*1-2H3/b13-11-,26-9+,33-10-;;. The maximum absolute atomic E-state index is 15.3. The molecule has 0 spiro atoms. The Morgan fingerprint density at radius 3 is 2.05 bits per heavy atom. The number of halogens is 3. The molecule has 0 saturated heterocycles. The molecular weight excluding hydrogens is 539 g/mol. The minimum atomic E-state index is -1.22. The van der Waals surface area contributed by atoms with Crippen molar-refractivity contribution >= 4 is 11.3 Å². The Morgan fingerprint density at radius 2 is 1.58 bits per heavy atom. The molecule has 0 heterocycles. The van der Waals surface area contributed by atoms with Crippen LogP contribution in [0.2, 0.25) is 0 Å². The number of alkyl halides is 2. The Morgan fingerprint density at radius 1 is 0.977 bits per heavy atom. The number of rotatable bonds is 12. The van der Waals surface area contributed by atoms with Crippen LogP contribution in [0.4, 0.5) is 18.9 Å². The first-order chi connectivity index (χ1) is 20.5. The van der Waals surface area contributed by atoms with Crippen molar-refractivity contribution in [3.63, 3.8) is 0 Å². The van der Waals surface area contributed by atoms with E-state index in [1.807, 2.05) is 97.0 Å². The van der Waals surface area contributed by atoms with Crippen LogP contribution in [0, 0.1) is 17.8 Å². The first-order valence-electron chi connectivity index (χ1n) is 16.1. The molecule has 1 N–H and O–H groups in total. The average Bonchev–Trinajstić information content (AvgIpc) is 3.79. The van der Waals surface area contributed by atoms with Gasteiger partial charge in [-0.2, -0.15) is 0 Å². The third-order valence-corrected chi connectivity index (χ3v) is 8.15. The molecule has 238 valence electrons. The van der Waals surface area contributed by atoms with E-state index in [1.165, 1.54) is 6.92 Å². The van der Waals surface area contributed by atoms with Crippen LogP contribution in [0.15, 0.2) is 101 Å². The molecule has 1 aromatic rings. The van der Waals surface area contributed by atoms with Gasteiger partial charge in [0.15, 0.2) is 0 Å². The highest BCUT2D eigenvalue weighted by Gasteiger charge is 2.43. The fraction of sp³-hybridized carbons (Fsp3) is 0.487. The summed E-state index contributed by atoms with van der Waals surface area (Å²) in [7, 11) is 0. The van der Waals surface area contributed by atoms with Gasteiger partial charge in [-0.3, -0.25) is 0 Å². The molecule has 1 aromatic carbocycles. The van der Waals surface area contributed by atoms with E-state index in [0.717, 1.165) is 40.9 Å². The zero-order valence-corrected chi connectivity index (χ0v) is 28.4. The molecule has 0 bridgehead atoms. The molecule has 1 nitrogen and oxygen atoms in total. The smallest absolute Gasteiger partial charge is 0.130 e. The van der Waals surface area contributed by atoms with E-state index >= 15 is 4.39 Å². The van der Waals surface area contributed by atoms with E-state index < -0.39 is 12.3 Å². The first-order valence-corrected chi connectivity index (χ1v) is 16.1. The summed E-state index contributed by atoms with van der Waals surface area (Å²) < 4.78 is 43.8. The zero-order valence-electron chi connectivity index (χ0n) is 28.4. The molecule has 5 unspecified atom stereocenters. The normalized spacial score (nSPS) is 20.9. The van der Waals surface area contributed by atoms with Crippen LogP contribution in [0.5, 0.6) is 0 Å². The van der Waals surface area contributed by atoms with Crippen molar-refractivity contribution in [1.82, 2.24) is 0 Å². The van der Waals surface area contributed by atoms with E-state index in [9.17, 15) is 8.78 Å². The van der Waals surface area contributed by atoms with Crippen molar-refractivity contribution < 1.29 is 13.2 Å². The summed E-state index contributed by atoms with van der Waals surface area (Å²) in [5.41, 5.74) is 7.04. The maximum Gasteiger partial charge on any atom is 0.130 e. The van der Waals surface area contributed by atoms with Gasteiger partial charge in [0, 0.05) is 22.9 Å². The second-order valence-corrected chi connectivity index (χ2v) is 11.1. The van der Waals surface area contributed by atoms with Gasteiger partial charge in [-0.25, -0.2) is 13.2 Å². The number of allylic oxidation sites excluding steroid dienone is 11. The van der Waals surface area contributed by atoms with Gasteiger partial charge in [-0.1, -0.05) is 82.9 Å². The van der Waals surface area contributed by atoms with E-state index in [1.54, 1.807) is 13.8 Å². The highest BCUT2D eigenvalue weighted by Crippen LogP contribution is 2.48. The van der Waals surface area contributed by atoms with E-state index in [4.69, 9.17) is 0 Å². The fourth-order valence-electron chi connectivity index (χ4n) is 5.51. The first kappa shape index (κ1) is 38.0. The van der Waals surface area contributed by atoms with Gasteiger partial charge < -0.3 is 5.32 Å². The average molecular weight is 596 g/mol. The van der Waals surface area contributed by atoms with Crippen molar-refractivity contribution in [1.29, 1.82) is 0 Å². The third kappa shape index (κ3) is 10.6. The number of hydrogen-bond donors (Lipinski definition) is 1. The molecule has 0 aromatic heterocycles. The van der Waals surface area contributed by atoms with E-state index in [2.05, 4.69) is 18.5 Å². The number of nitrogens with one attached hydrogen (secondary N) is 1. The largest absolute Gasteiger partial charge is 0.359 e. The van der Waals surface area contributed by atoms with Gasteiger partial charge in [0.2, 0.25) is 0 Å². The molecule has 2 aliphatic carbocycles. The zero-order chi connectivity index (χ0) is 32.9. The fourth-order valence-corrected chi connectivity index (χ4v) is 5.51. The van der Waals surface area contributed by atoms with Gasteiger partial charge in [-0.05, 0) is 119 Å². The number of hydrogen-bond acceptors (Lipinski definition) is 1. The van der Waals surface area contributed by atoms with Crippen molar-refractivity contribution in [3.05, 3.63) is 107 Å². The quantitative estimate of drug-likeness (QED) is 0.237. The van der Waals surface area contributed by atoms with Crippen molar-refractivity contribution in [2.75, 3.05) is 5.32 Å². The van der Waals surface area contributed by atoms with Crippen LogP contribution in [0.3, 0.4) is 0 Å². The SMILES string of the molecule is C=C(C)c1ccc(N/C(=C\C)C(CC2CC2C(C)F)C(=C)/C=C\C(=C/C)C2=C(C(C)F)CCC(C)=C2F)cc1.CC.CC. The van der Waals surface area contributed by atoms with Crippen LogP contribution in [-0.2, 0) is 0 Å². The lowest BCUT2D eigenvalue weighted by molar-refractivity contribution is 0.305. The summed E-state index contributed by atoms with van der Waals surface area (Å²) in [6.07, 6.45) is 8.28. The Hall–Kier alpha value is -3.01. The molecule has 3 rings (SSSR count). The lowest BCUT2D eigenvalue weighted by Crippen LogP contribution is -2.15. The van der Waals surface area contributed by atoms with Gasteiger partial charge in [0.1, 0.15) is 18.2 Å². The number of anilines is 1. The molecule has 1 saturated carbocycles. The minimum Gasteiger partial charge on any atom is -0.359 e. The summed E-state index contributed by atoms with van der Waals surface area (Å²) in [6.45, 7) is 27.1. The molecule has 43 heavy (non-hydrogen) atoms. The van der Waals surface area contributed by atoms with Gasteiger partial charge in [-0.15, -0.1) is 0 Å². The second kappa shape index (κ2) is 18.6. The topological polar surface area (TPSA) is 12.0 Å². The Bertz CT molecular complexity index is 1220. The third-order valence-electron chi connectivity index (χ3n) is 8.15. The van der Waals surface area contributed by atoms with Crippen molar-refractivity contribution in [2.45, 2.75) is 107 Å². The molecule has 0 radical (unpaired) electrons. The summed E-state index contributed by atoms with van der Waals surface area (Å²) in [5.74, 6) is -0.0353. The lowest BCUT2D eigenvalue weighted by Gasteiger charge is -2.24. The highest BCUT2D eigenvalue weighted by atomic mass is 19.1.